The van der Waals surface area contributed by atoms with Crippen molar-refractivity contribution in [2.75, 3.05) is 0 Å². The Morgan fingerprint density at radius 2 is 1.91 bits per heavy atom. The maximum Gasteiger partial charge on any atom is 0.303 e. The second-order valence-electron chi connectivity index (χ2n) is 5.08. The zero-order valence-electron chi connectivity index (χ0n) is 13.1. The first-order valence-corrected chi connectivity index (χ1v) is 7.32. The van der Waals surface area contributed by atoms with E-state index >= 15 is 0 Å². The number of hydrogen-bond acceptors (Lipinski definition) is 3. The van der Waals surface area contributed by atoms with E-state index in [2.05, 4.69) is 23.7 Å². The molecule has 0 heterocycles. The second kappa shape index (κ2) is 12.7. The van der Waals surface area contributed by atoms with Gasteiger partial charge in [0, 0.05) is 18.8 Å². The van der Waals surface area contributed by atoms with Crippen LogP contribution in [0.3, 0.4) is 0 Å². The molecule has 0 radical (unpaired) electrons. The van der Waals surface area contributed by atoms with Crippen LogP contribution in [0.2, 0.25) is 0 Å². The van der Waals surface area contributed by atoms with Crippen LogP contribution in [-0.2, 0) is 4.79 Å². The first-order valence-electron chi connectivity index (χ1n) is 7.32. The minimum absolute atomic E-state index is 0.0366. The van der Waals surface area contributed by atoms with Gasteiger partial charge in [-0.2, -0.15) is 0 Å². The Morgan fingerprint density at radius 1 is 1.18 bits per heavy atom. The molecular formula is C18H24O4. The molecule has 0 rings (SSSR count). The fourth-order valence-electron chi connectivity index (χ4n) is 1.39. The highest BCUT2D eigenvalue weighted by atomic mass is 16.4. The van der Waals surface area contributed by atoms with Gasteiger partial charge in [-0.1, -0.05) is 49.8 Å². The van der Waals surface area contributed by atoms with E-state index in [0.29, 0.717) is 25.2 Å². The van der Waals surface area contributed by atoms with E-state index in [4.69, 9.17) is 5.11 Å². The van der Waals surface area contributed by atoms with Crippen molar-refractivity contribution in [1.82, 2.24) is 0 Å². The average molecular weight is 304 g/mol. The first kappa shape index (κ1) is 20.0. The van der Waals surface area contributed by atoms with Crippen molar-refractivity contribution in [3.8, 4) is 23.7 Å². The summed E-state index contributed by atoms with van der Waals surface area (Å²) in [4.78, 5) is 10.3. The minimum atomic E-state index is -0.873. The van der Waals surface area contributed by atoms with Gasteiger partial charge >= 0.3 is 5.97 Å². The van der Waals surface area contributed by atoms with Gasteiger partial charge in [0.2, 0.25) is 0 Å². The molecule has 0 unspecified atom stereocenters. The third-order valence-electron chi connectivity index (χ3n) is 2.44. The molecule has 4 heteroatoms. The van der Waals surface area contributed by atoms with Crippen molar-refractivity contribution in [2.24, 2.45) is 5.92 Å². The molecule has 22 heavy (non-hydrogen) atoms. The topological polar surface area (TPSA) is 77.8 Å². The van der Waals surface area contributed by atoms with Crippen LogP contribution < -0.4 is 0 Å². The van der Waals surface area contributed by atoms with Crippen LogP contribution in [0.15, 0.2) is 24.3 Å². The molecule has 0 aliphatic rings. The summed E-state index contributed by atoms with van der Waals surface area (Å²) >= 11 is 0. The second-order valence-corrected chi connectivity index (χ2v) is 5.08. The van der Waals surface area contributed by atoms with Crippen molar-refractivity contribution in [3.05, 3.63) is 24.3 Å². The van der Waals surface area contributed by atoms with E-state index in [1.807, 2.05) is 13.8 Å². The van der Waals surface area contributed by atoms with Crippen molar-refractivity contribution >= 4 is 5.97 Å². The average Bonchev–Trinajstić information content (AvgIpc) is 2.41. The molecule has 0 aliphatic heterocycles. The van der Waals surface area contributed by atoms with Crippen molar-refractivity contribution < 1.29 is 20.1 Å². The third-order valence-corrected chi connectivity index (χ3v) is 2.44. The van der Waals surface area contributed by atoms with Crippen LogP contribution in [0.25, 0.3) is 0 Å². The van der Waals surface area contributed by atoms with Crippen LogP contribution >= 0.6 is 0 Å². The third kappa shape index (κ3) is 14.4. The monoisotopic (exact) mass is 304 g/mol. The standard InChI is InChI=1S/C18H24O4/c1-15(2)9-7-12-16(19)10-5-3-4-6-11-17(20)13-8-14-18(21)22/h3-5,10,15-17,19-20H,8,12-14H2,1-2H3,(H,21,22)/b4-3+,10-5+/t16-,17-/m0/s1. The normalized spacial score (nSPS) is 13.5. The number of aliphatic hydroxyl groups is 2. The molecule has 0 aromatic heterocycles. The summed E-state index contributed by atoms with van der Waals surface area (Å²) in [5.41, 5.74) is 0. The number of carboxylic acid groups (broad SMARTS) is 1. The van der Waals surface area contributed by atoms with Crippen molar-refractivity contribution in [3.63, 3.8) is 0 Å². The molecule has 4 nitrogen and oxygen atoms in total. The van der Waals surface area contributed by atoms with Crippen LogP contribution in [0.5, 0.6) is 0 Å². The van der Waals surface area contributed by atoms with Crippen LogP contribution in [-0.4, -0.2) is 33.5 Å². The summed E-state index contributed by atoms with van der Waals surface area (Å²) in [5, 5.41) is 27.5. The predicted molar refractivity (Wildman–Crippen MR) is 86.8 cm³/mol. The Balaban J connectivity index is 3.99. The summed E-state index contributed by atoms with van der Waals surface area (Å²) in [6.45, 7) is 3.99. The highest BCUT2D eigenvalue weighted by Gasteiger charge is 2.01. The van der Waals surface area contributed by atoms with E-state index in [-0.39, 0.29) is 6.42 Å². The fraction of sp³-hybridized carbons (Fsp3) is 0.500. The minimum Gasteiger partial charge on any atom is -0.481 e. The number of rotatable bonds is 7. The van der Waals surface area contributed by atoms with E-state index in [1.54, 1.807) is 24.3 Å². The van der Waals surface area contributed by atoms with Gasteiger partial charge in [0.05, 0.1) is 6.10 Å². The Hall–Kier alpha value is -2.01. The van der Waals surface area contributed by atoms with E-state index < -0.39 is 18.2 Å². The fourth-order valence-corrected chi connectivity index (χ4v) is 1.39. The SMILES string of the molecule is CC(C)C#CC[C@@H](O)/C=C/C=C/C#C[C@H](O)CCCC(=O)O. The molecule has 0 aromatic carbocycles. The predicted octanol–water partition coefficient (Wildman–Crippen LogP) is 2.13. The lowest BCUT2D eigenvalue weighted by Crippen LogP contribution is -2.04. The molecule has 2 atom stereocenters. The van der Waals surface area contributed by atoms with E-state index in [0.717, 1.165) is 0 Å². The van der Waals surface area contributed by atoms with Crippen molar-refractivity contribution in [2.45, 2.75) is 51.7 Å². The maximum absolute atomic E-state index is 10.3. The lowest BCUT2D eigenvalue weighted by atomic mass is 10.1. The number of aliphatic carboxylic acids is 1. The Labute approximate surface area is 132 Å². The van der Waals surface area contributed by atoms with Gasteiger partial charge in [-0.3, -0.25) is 4.79 Å². The molecule has 0 fully saturated rings. The van der Waals surface area contributed by atoms with E-state index in [9.17, 15) is 15.0 Å². The summed E-state index contributed by atoms with van der Waals surface area (Å²) in [7, 11) is 0. The summed E-state index contributed by atoms with van der Waals surface area (Å²) < 4.78 is 0. The molecule has 0 aromatic rings. The Kier molecular flexibility index (Phi) is 11.5. The molecule has 120 valence electrons. The smallest absolute Gasteiger partial charge is 0.303 e. The van der Waals surface area contributed by atoms with Crippen LogP contribution in [0, 0.1) is 29.6 Å². The van der Waals surface area contributed by atoms with E-state index in [1.165, 1.54) is 0 Å². The van der Waals surface area contributed by atoms with Gasteiger partial charge in [-0.15, -0.1) is 5.92 Å². The van der Waals surface area contributed by atoms with Crippen LogP contribution in [0.1, 0.15) is 39.5 Å². The molecular weight excluding hydrogens is 280 g/mol. The number of allylic oxidation sites excluding steroid dienone is 3. The molecule has 3 N–H and O–H groups in total. The van der Waals surface area contributed by atoms with Crippen LogP contribution in [0.4, 0.5) is 0 Å². The Morgan fingerprint density at radius 3 is 2.55 bits per heavy atom. The largest absolute Gasteiger partial charge is 0.481 e. The van der Waals surface area contributed by atoms with Gasteiger partial charge in [-0.25, -0.2) is 0 Å². The molecule has 0 amide bonds. The van der Waals surface area contributed by atoms with Gasteiger partial charge in [0.1, 0.15) is 6.10 Å². The number of aliphatic hydroxyl groups excluding tert-OH is 2. The quantitative estimate of drug-likeness (QED) is 0.497. The number of hydrogen-bond donors (Lipinski definition) is 3. The van der Waals surface area contributed by atoms with Crippen molar-refractivity contribution in [1.29, 1.82) is 0 Å². The number of carboxylic acids is 1. The summed E-state index contributed by atoms with van der Waals surface area (Å²) in [6, 6.07) is 0. The molecule has 0 spiro atoms. The molecule has 0 bridgehead atoms. The highest BCUT2D eigenvalue weighted by molar-refractivity contribution is 5.66. The van der Waals surface area contributed by atoms with Gasteiger partial charge in [0.15, 0.2) is 0 Å². The zero-order valence-corrected chi connectivity index (χ0v) is 13.1. The van der Waals surface area contributed by atoms with Gasteiger partial charge in [-0.05, 0) is 18.9 Å². The first-order chi connectivity index (χ1) is 10.4. The molecule has 0 saturated heterocycles. The molecule has 0 aliphatic carbocycles. The Bertz CT molecular complexity index is 495. The number of carbonyl (C=O) groups is 1. The highest BCUT2D eigenvalue weighted by Crippen LogP contribution is 1.99. The summed E-state index contributed by atoms with van der Waals surface area (Å²) in [5.74, 6) is 10.6. The lowest BCUT2D eigenvalue weighted by Gasteiger charge is -1.99. The zero-order chi connectivity index (χ0) is 16.8. The van der Waals surface area contributed by atoms with Gasteiger partial charge < -0.3 is 15.3 Å². The maximum atomic E-state index is 10.3. The molecule has 0 saturated carbocycles. The lowest BCUT2D eigenvalue weighted by molar-refractivity contribution is -0.137. The summed E-state index contributed by atoms with van der Waals surface area (Å²) in [6.07, 6.45) is 6.28. The van der Waals surface area contributed by atoms with Gasteiger partial charge in [0.25, 0.3) is 0 Å².